The van der Waals surface area contributed by atoms with E-state index in [4.69, 9.17) is 24.1 Å². The van der Waals surface area contributed by atoms with Crippen molar-refractivity contribution in [2.24, 2.45) is 0 Å². The molecule has 2 heterocycles. The lowest BCUT2D eigenvalue weighted by Crippen LogP contribution is -2.59. The molecule has 10 nitrogen and oxygen atoms in total. The van der Waals surface area contributed by atoms with Gasteiger partial charge in [0, 0.05) is 12.8 Å². The van der Waals surface area contributed by atoms with Crippen molar-refractivity contribution in [2.75, 3.05) is 26.4 Å². The van der Waals surface area contributed by atoms with Crippen LogP contribution >= 0.6 is 0 Å². The topological polar surface area (TPSA) is 158 Å². The molecule has 0 aromatic rings. The molecule has 0 amide bonds. The summed E-state index contributed by atoms with van der Waals surface area (Å²) in [6, 6.07) is 0. The Morgan fingerprint density at radius 1 is 0.968 bits per heavy atom. The first kappa shape index (κ1) is 26.0. The second-order valence-corrected chi connectivity index (χ2v) is 7.56. The molecule has 0 spiro atoms. The first-order valence-electron chi connectivity index (χ1n) is 10.4. The van der Waals surface area contributed by atoms with Crippen LogP contribution in [0.5, 0.6) is 0 Å². The van der Waals surface area contributed by atoms with Gasteiger partial charge in [-0.15, -0.1) is 0 Å². The average molecular weight is 444 g/mol. The number of unbranched alkanes of at least 4 members (excludes halogenated alkanes) is 2. The molecule has 31 heavy (non-hydrogen) atoms. The van der Waals surface area contributed by atoms with E-state index in [1.165, 1.54) is 0 Å². The van der Waals surface area contributed by atoms with E-state index < -0.39 is 55.3 Å². The second kappa shape index (κ2) is 12.7. The molecule has 2 fully saturated rings. The molecule has 8 atom stereocenters. The van der Waals surface area contributed by atoms with Crippen LogP contribution in [0.2, 0.25) is 0 Å². The number of aliphatic hydroxyl groups is 6. The van der Waals surface area contributed by atoms with Gasteiger partial charge in [0.2, 0.25) is 0 Å². The third-order valence-electron chi connectivity index (χ3n) is 5.02. The van der Waals surface area contributed by atoms with Crippen LogP contribution in [-0.2, 0) is 18.9 Å². The molecule has 0 radical (unpaired) electrons. The summed E-state index contributed by atoms with van der Waals surface area (Å²) in [6.07, 6.45) is -6.65. The Morgan fingerprint density at radius 3 is 2.32 bits per heavy atom. The average Bonchev–Trinajstić information content (AvgIpc) is 3.06. The number of hydrogen-bond acceptors (Lipinski definition) is 10. The molecule has 0 aromatic carbocycles. The summed E-state index contributed by atoms with van der Waals surface area (Å²) < 4.78 is 21.5. The van der Waals surface area contributed by atoms with Gasteiger partial charge in [-0.3, -0.25) is 0 Å². The van der Waals surface area contributed by atoms with Gasteiger partial charge in [-0.2, -0.15) is 0 Å². The Morgan fingerprint density at radius 2 is 1.68 bits per heavy atom. The number of aliphatic hydroxyl groups excluding tert-OH is 5. The monoisotopic (exact) mass is 444 g/mol. The maximum Gasteiger partial charge on any atom is 0.186 e. The third kappa shape index (κ3) is 7.11. The van der Waals surface area contributed by atoms with Crippen molar-refractivity contribution in [1.82, 2.24) is 0 Å². The van der Waals surface area contributed by atoms with Crippen LogP contribution in [0.25, 0.3) is 0 Å². The molecule has 2 saturated heterocycles. The Balaban J connectivity index is 1.79. The molecule has 0 aliphatic carbocycles. The predicted octanol–water partition coefficient (Wildman–Crippen LogP) is -2.15. The first-order chi connectivity index (χ1) is 14.8. The highest BCUT2D eigenvalue weighted by Gasteiger charge is 2.50. The molecule has 176 valence electrons. The van der Waals surface area contributed by atoms with Crippen molar-refractivity contribution >= 4 is 0 Å². The molecular formula is C21H32O10. The molecule has 6 N–H and O–H groups in total. The fraction of sp³-hybridized carbons (Fsp3) is 0.810. The van der Waals surface area contributed by atoms with E-state index in [2.05, 4.69) is 23.7 Å². The maximum atomic E-state index is 10.2. The minimum atomic E-state index is -1.84. The maximum absolute atomic E-state index is 10.2. The minimum absolute atomic E-state index is 0.198. The summed E-state index contributed by atoms with van der Waals surface area (Å²) in [5.41, 5.74) is -1.84. The molecule has 0 bridgehead atoms. The van der Waals surface area contributed by atoms with Gasteiger partial charge in [0.1, 0.15) is 36.1 Å². The summed E-state index contributed by atoms with van der Waals surface area (Å²) in [5, 5.41) is 59.5. The van der Waals surface area contributed by atoms with Crippen LogP contribution in [-0.4, -0.2) is 106 Å². The largest absolute Gasteiger partial charge is 0.393 e. The van der Waals surface area contributed by atoms with Crippen LogP contribution in [0.4, 0.5) is 0 Å². The smallest absolute Gasteiger partial charge is 0.186 e. The Labute approximate surface area is 181 Å². The molecular weight excluding hydrogens is 412 g/mol. The first-order valence-corrected chi connectivity index (χ1v) is 10.4. The van der Waals surface area contributed by atoms with Gasteiger partial charge in [0.25, 0.3) is 0 Å². The van der Waals surface area contributed by atoms with Gasteiger partial charge >= 0.3 is 0 Å². The zero-order valence-corrected chi connectivity index (χ0v) is 17.5. The van der Waals surface area contributed by atoms with Crippen LogP contribution in [0.15, 0.2) is 0 Å². The highest BCUT2D eigenvalue weighted by Crippen LogP contribution is 2.27. The van der Waals surface area contributed by atoms with Gasteiger partial charge in [-0.05, 0) is 24.7 Å². The van der Waals surface area contributed by atoms with E-state index in [1.54, 1.807) is 0 Å². The molecule has 2 aliphatic rings. The van der Waals surface area contributed by atoms with Gasteiger partial charge in [-0.25, -0.2) is 0 Å². The third-order valence-corrected chi connectivity index (χ3v) is 5.02. The van der Waals surface area contributed by atoms with Crippen molar-refractivity contribution < 1.29 is 49.6 Å². The fourth-order valence-corrected chi connectivity index (χ4v) is 3.01. The highest BCUT2D eigenvalue weighted by atomic mass is 16.7. The molecule has 8 unspecified atom stereocenters. The van der Waals surface area contributed by atoms with E-state index in [-0.39, 0.29) is 19.8 Å². The number of ether oxygens (including phenoxy) is 4. The Hall–Kier alpha value is -1.28. The molecule has 2 rings (SSSR count). The second-order valence-electron chi connectivity index (χ2n) is 7.56. The zero-order valence-electron chi connectivity index (χ0n) is 17.5. The standard InChI is InChI=1S/C21H32O10/c1-2-3-4-5-6-7-8-9-10-28-19-17(25)16(24)15(23)14(31-19)11-29-20-18(26)21(27,12-22)13-30-20/h14-20,22-27H,2-3,8-13H2,1H3. The summed E-state index contributed by atoms with van der Waals surface area (Å²) in [5.74, 6) is 11.3. The van der Waals surface area contributed by atoms with Gasteiger partial charge in [0.05, 0.1) is 26.4 Å². The van der Waals surface area contributed by atoms with Crippen LogP contribution in [0.1, 0.15) is 32.6 Å². The lowest BCUT2D eigenvalue weighted by atomic mass is 9.99. The molecule has 2 aliphatic heterocycles. The zero-order chi connectivity index (χ0) is 22.9. The molecule has 0 aromatic heterocycles. The fourth-order valence-electron chi connectivity index (χ4n) is 3.01. The van der Waals surface area contributed by atoms with Crippen LogP contribution < -0.4 is 0 Å². The lowest BCUT2D eigenvalue weighted by Gasteiger charge is -2.40. The van der Waals surface area contributed by atoms with E-state index in [9.17, 15) is 25.5 Å². The van der Waals surface area contributed by atoms with Crippen LogP contribution in [0, 0.1) is 23.7 Å². The summed E-state index contributed by atoms with van der Waals surface area (Å²) >= 11 is 0. The highest BCUT2D eigenvalue weighted by molar-refractivity contribution is 5.25. The van der Waals surface area contributed by atoms with E-state index >= 15 is 0 Å². The van der Waals surface area contributed by atoms with Gasteiger partial charge < -0.3 is 49.6 Å². The van der Waals surface area contributed by atoms with Crippen molar-refractivity contribution in [1.29, 1.82) is 0 Å². The van der Waals surface area contributed by atoms with E-state index in [0.29, 0.717) is 12.8 Å². The predicted molar refractivity (Wildman–Crippen MR) is 106 cm³/mol. The number of hydrogen-bond donors (Lipinski definition) is 6. The number of rotatable bonds is 9. The summed E-state index contributed by atoms with van der Waals surface area (Å²) in [6.45, 7) is 0.867. The van der Waals surface area contributed by atoms with E-state index in [0.717, 1.165) is 12.8 Å². The Bertz CT molecular complexity index is 665. The van der Waals surface area contributed by atoms with Crippen molar-refractivity contribution in [3.05, 3.63) is 0 Å². The van der Waals surface area contributed by atoms with E-state index in [1.807, 2.05) is 6.92 Å². The molecule has 10 heteroatoms. The van der Waals surface area contributed by atoms with Gasteiger partial charge in [0.15, 0.2) is 12.6 Å². The summed E-state index contributed by atoms with van der Waals surface area (Å²) in [7, 11) is 0. The SMILES string of the molecule is CCCC#CC#CCCCOC1OC(COC2OCC(O)(CO)C2O)C(O)C(O)C1O. The van der Waals surface area contributed by atoms with Crippen molar-refractivity contribution in [3.8, 4) is 23.7 Å². The van der Waals surface area contributed by atoms with Crippen LogP contribution in [0.3, 0.4) is 0 Å². The Kier molecular flexibility index (Phi) is 10.6. The van der Waals surface area contributed by atoms with Gasteiger partial charge in [-0.1, -0.05) is 18.8 Å². The minimum Gasteiger partial charge on any atom is -0.393 e. The summed E-state index contributed by atoms with van der Waals surface area (Å²) in [4.78, 5) is 0. The normalized spacial score (nSPS) is 37.6. The lowest BCUT2D eigenvalue weighted by molar-refractivity contribution is -0.309. The quantitative estimate of drug-likeness (QED) is 0.171. The van der Waals surface area contributed by atoms with Crippen molar-refractivity contribution in [2.45, 2.75) is 81.3 Å². The van der Waals surface area contributed by atoms with Crippen molar-refractivity contribution in [3.63, 3.8) is 0 Å². The molecule has 0 saturated carbocycles.